The number of allylic oxidation sites excluding steroid dienone is 3. The highest BCUT2D eigenvalue weighted by atomic mass is 16.5. The number of esters is 1. The zero-order valence-electron chi connectivity index (χ0n) is 46.6. The minimum Gasteiger partial charge on any atom is -0.466 e. The fourth-order valence-electron chi connectivity index (χ4n) is 9.69. The first-order chi connectivity index (χ1) is 34.0. The normalized spacial score (nSPS) is 12.7. The molecule has 2 unspecified atom stereocenters. The van der Waals surface area contributed by atoms with E-state index in [9.17, 15) is 19.8 Å². The second-order valence-electron chi connectivity index (χ2n) is 21.4. The van der Waals surface area contributed by atoms with Crippen LogP contribution in [0.25, 0.3) is 0 Å². The standard InChI is InChI=1S/C63H121NO5/c1-3-5-7-9-11-13-14-15-16-17-28-31-34-37-41-45-49-53-57-63(68)69-58-54-50-46-42-38-35-32-29-26-24-22-20-18-19-21-23-25-27-30-33-36-40-44-48-52-56-62(67)64-60(59-65)61(66)55-51-47-43-39-12-10-8-6-4-2/h19,21,51,55,60-61,65-66H,3-18,20,22-50,52-54,56-59H2,1-2H3,(H,64,67)/b21-19-,55-51+. The number of carbonyl (C=O) groups is 2. The molecular formula is C63H121NO5. The van der Waals surface area contributed by atoms with Gasteiger partial charge in [0.2, 0.25) is 5.91 Å². The highest BCUT2D eigenvalue weighted by molar-refractivity contribution is 5.76. The van der Waals surface area contributed by atoms with Crippen LogP contribution in [-0.4, -0.2) is 47.4 Å². The molecule has 0 fully saturated rings. The Morgan fingerprint density at radius 2 is 0.681 bits per heavy atom. The van der Waals surface area contributed by atoms with Crippen LogP contribution in [0.2, 0.25) is 0 Å². The van der Waals surface area contributed by atoms with Gasteiger partial charge < -0.3 is 20.3 Å². The van der Waals surface area contributed by atoms with Crippen molar-refractivity contribution in [1.29, 1.82) is 0 Å². The van der Waals surface area contributed by atoms with Crippen LogP contribution in [-0.2, 0) is 14.3 Å². The minimum atomic E-state index is -0.843. The van der Waals surface area contributed by atoms with E-state index in [4.69, 9.17) is 4.74 Å². The molecule has 0 heterocycles. The lowest BCUT2D eigenvalue weighted by Crippen LogP contribution is -2.45. The monoisotopic (exact) mass is 972 g/mol. The summed E-state index contributed by atoms with van der Waals surface area (Å²) in [6.45, 7) is 4.90. The van der Waals surface area contributed by atoms with Crippen LogP contribution < -0.4 is 5.32 Å². The van der Waals surface area contributed by atoms with Crippen LogP contribution in [0.3, 0.4) is 0 Å². The molecule has 0 bridgehead atoms. The summed E-state index contributed by atoms with van der Waals surface area (Å²) in [6.07, 6.45) is 72.4. The van der Waals surface area contributed by atoms with Gasteiger partial charge in [0, 0.05) is 12.8 Å². The largest absolute Gasteiger partial charge is 0.466 e. The fourth-order valence-corrected chi connectivity index (χ4v) is 9.69. The van der Waals surface area contributed by atoms with Crippen LogP contribution in [0.15, 0.2) is 24.3 Å². The van der Waals surface area contributed by atoms with Gasteiger partial charge in [-0.05, 0) is 57.8 Å². The van der Waals surface area contributed by atoms with Crippen LogP contribution in [0.4, 0.5) is 0 Å². The zero-order valence-corrected chi connectivity index (χ0v) is 46.6. The summed E-state index contributed by atoms with van der Waals surface area (Å²) in [4.78, 5) is 24.5. The summed E-state index contributed by atoms with van der Waals surface area (Å²) < 4.78 is 5.50. The summed E-state index contributed by atoms with van der Waals surface area (Å²) in [7, 11) is 0. The molecule has 408 valence electrons. The van der Waals surface area contributed by atoms with Crippen molar-refractivity contribution in [2.75, 3.05) is 13.2 Å². The molecule has 0 saturated heterocycles. The fraction of sp³-hybridized carbons (Fsp3) is 0.905. The number of rotatable bonds is 58. The van der Waals surface area contributed by atoms with Gasteiger partial charge in [0.1, 0.15) is 0 Å². The highest BCUT2D eigenvalue weighted by Crippen LogP contribution is 2.17. The van der Waals surface area contributed by atoms with Gasteiger partial charge in [-0.15, -0.1) is 0 Å². The van der Waals surface area contributed by atoms with Gasteiger partial charge in [-0.3, -0.25) is 9.59 Å². The van der Waals surface area contributed by atoms with Gasteiger partial charge in [0.15, 0.2) is 0 Å². The van der Waals surface area contributed by atoms with E-state index in [-0.39, 0.29) is 18.5 Å². The number of carbonyl (C=O) groups excluding carboxylic acids is 2. The van der Waals surface area contributed by atoms with E-state index in [1.165, 1.54) is 276 Å². The van der Waals surface area contributed by atoms with Crippen LogP contribution in [0, 0.1) is 0 Å². The van der Waals surface area contributed by atoms with E-state index in [0.717, 1.165) is 38.5 Å². The van der Waals surface area contributed by atoms with Crippen LogP contribution in [0.1, 0.15) is 341 Å². The van der Waals surface area contributed by atoms with Gasteiger partial charge >= 0.3 is 5.97 Å². The van der Waals surface area contributed by atoms with E-state index >= 15 is 0 Å². The highest BCUT2D eigenvalue weighted by Gasteiger charge is 2.18. The van der Waals surface area contributed by atoms with Gasteiger partial charge in [-0.1, -0.05) is 295 Å². The molecule has 0 aromatic carbocycles. The molecule has 6 nitrogen and oxygen atoms in total. The quantitative estimate of drug-likeness (QED) is 0.0321. The molecule has 0 rings (SSSR count). The maximum Gasteiger partial charge on any atom is 0.305 e. The first-order valence-corrected chi connectivity index (χ1v) is 31.1. The predicted octanol–water partition coefficient (Wildman–Crippen LogP) is 19.4. The summed E-state index contributed by atoms with van der Waals surface area (Å²) in [5, 5.41) is 22.9. The van der Waals surface area contributed by atoms with Crippen molar-refractivity contribution in [3.8, 4) is 0 Å². The van der Waals surface area contributed by atoms with E-state index in [1.807, 2.05) is 6.08 Å². The van der Waals surface area contributed by atoms with Crippen molar-refractivity contribution in [2.24, 2.45) is 0 Å². The Hall–Kier alpha value is -1.66. The number of ether oxygens (including phenoxy) is 1. The Morgan fingerprint density at radius 3 is 1.03 bits per heavy atom. The number of hydrogen-bond acceptors (Lipinski definition) is 5. The molecule has 0 aliphatic carbocycles. The molecule has 0 aliphatic heterocycles. The number of amides is 1. The van der Waals surface area contributed by atoms with E-state index in [2.05, 4.69) is 31.3 Å². The molecule has 0 radical (unpaired) electrons. The molecule has 0 aromatic rings. The topological polar surface area (TPSA) is 95.9 Å². The number of unbranched alkanes of at least 4 members (excludes halogenated alkanes) is 45. The first kappa shape index (κ1) is 67.3. The van der Waals surface area contributed by atoms with Crippen molar-refractivity contribution in [3.05, 3.63) is 24.3 Å². The lowest BCUT2D eigenvalue weighted by atomic mass is 10.0. The molecule has 6 heteroatoms. The Bertz CT molecular complexity index is 1080. The van der Waals surface area contributed by atoms with E-state index in [0.29, 0.717) is 19.4 Å². The molecular weight excluding hydrogens is 851 g/mol. The number of nitrogens with one attached hydrogen (secondary N) is 1. The molecule has 69 heavy (non-hydrogen) atoms. The summed E-state index contributed by atoms with van der Waals surface area (Å²) in [5.74, 6) is -0.0555. The van der Waals surface area contributed by atoms with Crippen LogP contribution in [0.5, 0.6) is 0 Å². The van der Waals surface area contributed by atoms with Gasteiger partial charge in [0.25, 0.3) is 0 Å². The number of hydrogen-bond donors (Lipinski definition) is 3. The zero-order chi connectivity index (χ0) is 50.0. The lowest BCUT2D eigenvalue weighted by Gasteiger charge is -2.20. The number of aliphatic hydroxyl groups excluding tert-OH is 2. The molecule has 0 spiro atoms. The Morgan fingerprint density at radius 1 is 0.391 bits per heavy atom. The minimum absolute atomic E-state index is 0.0175. The van der Waals surface area contributed by atoms with Gasteiger partial charge in [-0.2, -0.15) is 0 Å². The van der Waals surface area contributed by atoms with Crippen molar-refractivity contribution in [1.82, 2.24) is 5.32 Å². The molecule has 0 saturated carbocycles. The number of aliphatic hydroxyl groups is 2. The SMILES string of the molecule is CCCCCCCCC/C=C/C(O)C(CO)NC(=O)CCCCCCCCCCC/C=C\CCCCCCCCCCCCCCOC(=O)CCCCCCCCCCCCCCCCCCCC. The first-order valence-electron chi connectivity index (χ1n) is 31.1. The molecule has 0 aliphatic rings. The third kappa shape index (κ3) is 55.5. The van der Waals surface area contributed by atoms with Crippen molar-refractivity contribution < 1.29 is 24.5 Å². The van der Waals surface area contributed by atoms with E-state index < -0.39 is 12.1 Å². The van der Waals surface area contributed by atoms with Gasteiger partial charge in [0.05, 0.1) is 25.4 Å². The maximum absolute atomic E-state index is 12.4. The molecule has 3 N–H and O–H groups in total. The lowest BCUT2D eigenvalue weighted by molar-refractivity contribution is -0.143. The summed E-state index contributed by atoms with van der Waals surface area (Å²) in [5.41, 5.74) is 0. The summed E-state index contributed by atoms with van der Waals surface area (Å²) in [6, 6.07) is -0.627. The Labute approximate surface area is 431 Å². The van der Waals surface area contributed by atoms with Crippen molar-refractivity contribution in [3.63, 3.8) is 0 Å². The van der Waals surface area contributed by atoms with Crippen LogP contribution >= 0.6 is 0 Å². The van der Waals surface area contributed by atoms with E-state index in [1.54, 1.807) is 6.08 Å². The average Bonchev–Trinajstić information content (AvgIpc) is 3.35. The summed E-state index contributed by atoms with van der Waals surface area (Å²) >= 11 is 0. The predicted molar refractivity (Wildman–Crippen MR) is 301 cm³/mol. The maximum atomic E-state index is 12.4. The van der Waals surface area contributed by atoms with Gasteiger partial charge in [-0.25, -0.2) is 0 Å². The Kier molecular flexibility index (Phi) is 57.5. The van der Waals surface area contributed by atoms with Crippen molar-refractivity contribution >= 4 is 11.9 Å². The molecule has 2 atom stereocenters. The second-order valence-corrected chi connectivity index (χ2v) is 21.4. The Balaban J connectivity index is 3.35. The molecule has 0 aromatic heterocycles. The average molecular weight is 973 g/mol. The second kappa shape index (κ2) is 58.9. The third-order valence-corrected chi connectivity index (χ3v) is 14.5. The third-order valence-electron chi connectivity index (χ3n) is 14.5. The molecule has 1 amide bonds. The van der Waals surface area contributed by atoms with Crippen molar-refractivity contribution in [2.45, 2.75) is 353 Å². The smallest absolute Gasteiger partial charge is 0.305 e.